The standard InChI is InChI=1S/C16H24FNO2/c1-3-19-14-8-7-12(10-15(14)20-4-2)16(17)9-5-6-13(18)11-16/h7-8,10,13H,3-6,9,11,18H2,1-2H3. The number of nitrogens with two attached hydrogens (primary N) is 1. The van der Waals surface area contributed by atoms with Gasteiger partial charge in [0.2, 0.25) is 0 Å². The molecule has 0 heterocycles. The summed E-state index contributed by atoms with van der Waals surface area (Å²) >= 11 is 0. The summed E-state index contributed by atoms with van der Waals surface area (Å²) < 4.78 is 26.2. The normalized spacial score (nSPS) is 26.3. The van der Waals surface area contributed by atoms with Gasteiger partial charge in [0.15, 0.2) is 11.5 Å². The number of ether oxygens (including phenoxy) is 2. The Morgan fingerprint density at radius 1 is 1.25 bits per heavy atom. The van der Waals surface area contributed by atoms with Crippen molar-refractivity contribution in [2.75, 3.05) is 13.2 Å². The molecule has 2 atom stereocenters. The molecule has 0 aliphatic heterocycles. The van der Waals surface area contributed by atoms with E-state index in [1.165, 1.54) is 0 Å². The van der Waals surface area contributed by atoms with E-state index in [4.69, 9.17) is 15.2 Å². The minimum absolute atomic E-state index is 0.0594. The van der Waals surface area contributed by atoms with E-state index in [1.807, 2.05) is 13.8 Å². The van der Waals surface area contributed by atoms with E-state index in [9.17, 15) is 0 Å². The number of alkyl halides is 1. The van der Waals surface area contributed by atoms with Crippen molar-refractivity contribution >= 4 is 0 Å². The molecule has 1 aliphatic carbocycles. The highest BCUT2D eigenvalue weighted by atomic mass is 19.1. The van der Waals surface area contributed by atoms with Crippen LogP contribution in [0.5, 0.6) is 11.5 Å². The molecule has 1 aromatic carbocycles. The zero-order valence-corrected chi connectivity index (χ0v) is 12.3. The SMILES string of the molecule is CCOc1ccc(C2(F)CCCC(N)C2)cc1OCC. The van der Waals surface area contributed by atoms with Gasteiger partial charge in [-0.3, -0.25) is 0 Å². The van der Waals surface area contributed by atoms with Crippen molar-refractivity contribution in [1.29, 1.82) is 0 Å². The molecule has 3 nitrogen and oxygen atoms in total. The molecule has 0 bridgehead atoms. The van der Waals surface area contributed by atoms with E-state index < -0.39 is 5.67 Å². The van der Waals surface area contributed by atoms with E-state index in [0.29, 0.717) is 43.1 Å². The Morgan fingerprint density at radius 2 is 1.95 bits per heavy atom. The average molecular weight is 281 g/mol. The first-order valence-corrected chi connectivity index (χ1v) is 7.43. The third-order valence-corrected chi connectivity index (χ3v) is 3.79. The quantitative estimate of drug-likeness (QED) is 0.897. The van der Waals surface area contributed by atoms with Crippen molar-refractivity contribution in [3.05, 3.63) is 23.8 Å². The Labute approximate surface area is 120 Å². The van der Waals surface area contributed by atoms with Gasteiger partial charge in [-0.2, -0.15) is 0 Å². The van der Waals surface area contributed by atoms with Crippen LogP contribution in [0.25, 0.3) is 0 Å². The summed E-state index contributed by atoms with van der Waals surface area (Å²) in [5, 5.41) is 0. The first kappa shape index (κ1) is 15.1. The van der Waals surface area contributed by atoms with Gasteiger partial charge in [-0.15, -0.1) is 0 Å². The molecule has 112 valence electrons. The van der Waals surface area contributed by atoms with Gasteiger partial charge in [0.05, 0.1) is 13.2 Å². The van der Waals surface area contributed by atoms with Crippen molar-refractivity contribution in [3.8, 4) is 11.5 Å². The summed E-state index contributed by atoms with van der Waals surface area (Å²) in [6.07, 6.45) is 2.64. The predicted molar refractivity (Wildman–Crippen MR) is 78.0 cm³/mol. The van der Waals surface area contributed by atoms with Crippen LogP contribution in [0.15, 0.2) is 18.2 Å². The third-order valence-electron chi connectivity index (χ3n) is 3.79. The summed E-state index contributed by atoms with van der Waals surface area (Å²) in [4.78, 5) is 0. The molecule has 4 heteroatoms. The largest absolute Gasteiger partial charge is 0.490 e. The number of hydrogen-bond acceptors (Lipinski definition) is 3. The molecule has 0 saturated heterocycles. The summed E-state index contributed by atoms with van der Waals surface area (Å²) in [6.45, 7) is 4.91. The first-order valence-electron chi connectivity index (χ1n) is 7.43. The minimum atomic E-state index is -1.34. The van der Waals surface area contributed by atoms with E-state index >= 15 is 4.39 Å². The van der Waals surface area contributed by atoms with Gasteiger partial charge in [-0.05, 0) is 50.8 Å². The first-order chi connectivity index (χ1) is 9.59. The highest BCUT2D eigenvalue weighted by Crippen LogP contribution is 2.43. The lowest BCUT2D eigenvalue weighted by Gasteiger charge is -2.33. The Hall–Kier alpha value is -1.29. The van der Waals surface area contributed by atoms with Crippen LogP contribution in [0.1, 0.15) is 45.1 Å². The van der Waals surface area contributed by atoms with Crippen molar-refractivity contribution in [1.82, 2.24) is 0 Å². The fourth-order valence-corrected chi connectivity index (χ4v) is 2.86. The molecule has 1 saturated carbocycles. The molecule has 1 aliphatic rings. The highest BCUT2D eigenvalue weighted by molar-refractivity contribution is 5.45. The Kier molecular flexibility index (Phi) is 4.86. The second kappa shape index (κ2) is 6.44. The maximum Gasteiger partial charge on any atom is 0.161 e. The van der Waals surface area contributed by atoms with Gasteiger partial charge in [-0.25, -0.2) is 4.39 Å². The number of halogens is 1. The Balaban J connectivity index is 2.29. The van der Waals surface area contributed by atoms with Crippen LogP contribution in [0.2, 0.25) is 0 Å². The lowest BCUT2D eigenvalue weighted by Crippen LogP contribution is -2.36. The molecular weight excluding hydrogens is 257 g/mol. The number of benzene rings is 1. The van der Waals surface area contributed by atoms with Crippen LogP contribution in [-0.4, -0.2) is 19.3 Å². The fourth-order valence-electron chi connectivity index (χ4n) is 2.86. The van der Waals surface area contributed by atoms with Gasteiger partial charge >= 0.3 is 0 Å². The zero-order valence-electron chi connectivity index (χ0n) is 12.3. The Morgan fingerprint density at radius 3 is 2.60 bits per heavy atom. The third kappa shape index (κ3) is 3.23. The van der Waals surface area contributed by atoms with Crippen molar-refractivity contribution in [3.63, 3.8) is 0 Å². The average Bonchev–Trinajstić information content (AvgIpc) is 2.41. The van der Waals surface area contributed by atoms with Gasteiger partial charge < -0.3 is 15.2 Å². The van der Waals surface area contributed by atoms with Crippen molar-refractivity contribution in [2.24, 2.45) is 5.73 Å². The van der Waals surface area contributed by atoms with E-state index in [2.05, 4.69) is 0 Å². The number of rotatable bonds is 5. The highest BCUT2D eigenvalue weighted by Gasteiger charge is 2.37. The van der Waals surface area contributed by atoms with E-state index in [-0.39, 0.29) is 6.04 Å². The minimum Gasteiger partial charge on any atom is -0.490 e. The van der Waals surface area contributed by atoms with Crippen LogP contribution in [-0.2, 0) is 5.67 Å². The summed E-state index contributed by atoms with van der Waals surface area (Å²) in [7, 11) is 0. The lowest BCUT2D eigenvalue weighted by molar-refractivity contribution is 0.0942. The molecule has 1 aromatic rings. The molecule has 2 rings (SSSR count). The van der Waals surface area contributed by atoms with Gasteiger partial charge in [0.1, 0.15) is 5.67 Å². The number of hydrogen-bond donors (Lipinski definition) is 1. The fraction of sp³-hybridized carbons (Fsp3) is 0.625. The van der Waals surface area contributed by atoms with Crippen LogP contribution in [0.4, 0.5) is 4.39 Å². The van der Waals surface area contributed by atoms with Gasteiger partial charge in [0.25, 0.3) is 0 Å². The molecule has 0 aromatic heterocycles. The molecular formula is C16H24FNO2. The van der Waals surface area contributed by atoms with Gasteiger partial charge in [0, 0.05) is 12.5 Å². The molecule has 20 heavy (non-hydrogen) atoms. The molecule has 0 amide bonds. The molecule has 2 N–H and O–H groups in total. The van der Waals surface area contributed by atoms with Gasteiger partial charge in [-0.1, -0.05) is 6.07 Å². The zero-order chi connectivity index (χ0) is 14.6. The Bertz CT molecular complexity index is 452. The summed E-state index contributed by atoms with van der Waals surface area (Å²) in [5.41, 5.74) is 5.24. The van der Waals surface area contributed by atoms with E-state index in [1.54, 1.807) is 18.2 Å². The van der Waals surface area contributed by atoms with Crippen molar-refractivity contribution in [2.45, 2.75) is 51.2 Å². The second-order valence-electron chi connectivity index (χ2n) is 5.35. The lowest BCUT2D eigenvalue weighted by atomic mass is 9.79. The molecule has 0 spiro atoms. The van der Waals surface area contributed by atoms with Crippen LogP contribution >= 0.6 is 0 Å². The molecule has 0 radical (unpaired) electrons. The predicted octanol–water partition coefficient (Wildman–Crippen LogP) is 3.55. The smallest absolute Gasteiger partial charge is 0.161 e. The van der Waals surface area contributed by atoms with Crippen LogP contribution < -0.4 is 15.2 Å². The molecule has 2 unspecified atom stereocenters. The van der Waals surface area contributed by atoms with Crippen molar-refractivity contribution < 1.29 is 13.9 Å². The summed E-state index contributed by atoms with van der Waals surface area (Å²) in [5.74, 6) is 1.28. The van der Waals surface area contributed by atoms with Crippen LogP contribution in [0, 0.1) is 0 Å². The monoisotopic (exact) mass is 281 g/mol. The topological polar surface area (TPSA) is 44.5 Å². The van der Waals surface area contributed by atoms with Crippen LogP contribution in [0.3, 0.4) is 0 Å². The summed E-state index contributed by atoms with van der Waals surface area (Å²) in [6, 6.07) is 5.31. The second-order valence-corrected chi connectivity index (χ2v) is 5.35. The maximum atomic E-state index is 15.1. The molecule has 1 fully saturated rings. The van der Waals surface area contributed by atoms with E-state index in [0.717, 1.165) is 12.8 Å². The maximum absolute atomic E-state index is 15.1.